The van der Waals surface area contributed by atoms with Gasteiger partial charge in [0.05, 0.1) is 11.7 Å². The fourth-order valence-electron chi connectivity index (χ4n) is 4.42. The molecule has 216 valence electrons. The van der Waals surface area contributed by atoms with E-state index in [1.54, 1.807) is 37.3 Å². The molecule has 1 atom stereocenters. The molecule has 2 heterocycles. The summed E-state index contributed by atoms with van der Waals surface area (Å²) >= 11 is 6.13. The molecule has 5 aromatic rings. The molecule has 5 rings (SSSR count). The standard InChI is InChI=1S/C28H22ClF4N7O2/c1-16(17-9-13-20(14-10-17)42-28(31,32)33)39(2)27(41)25-21(15-24-34-37-38-35-24)26(18-7-11-19(29)12-8-18)40(36-25)23-6-4-3-5-22(23)30/h3-14,16H,15H2,1-2H3,(H,34,35,37,38)/t16-/m1/s1. The molecular weight excluding hydrogens is 578 g/mol. The molecule has 1 N–H and O–H groups in total. The summed E-state index contributed by atoms with van der Waals surface area (Å²) in [5.74, 6) is -1.21. The Morgan fingerprint density at radius 1 is 1.07 bits per heavy atom. The van der Waals surface area contributed by atoms with Crippen LogP contribution >= 0.6 is 11.6 Å². The van der Waals surface area contributed by atoms with E-state index in [1.807, 2.05) is 0 Å². The summed E-state index contributed by atoms with van der Waals surface area (Å²) in [6, 6.07) is 17.4. The van der Waals surface area contributed by atoms with Gasteiger partial charge < -0.3 is 9.64 Å². The van der Waals surface area contributed by atoms with Crippen molar-refractivity contribution in [2.24, 2.45) is 0 Å². The minimum Gasteiger partial charge on any atom is -0.406 e. The Balaban J connectivity index is 1.60. The first-order valence-electron chi connectivity index (χ1n) is 12.5. The van der Waals surface area contributed by atoms with Crippen LogP contribution in [0.5, 0.6) is 5.75 Å². The van der Waals surface area contributed by atoms with Crippen LogP contribution in [0.4, 0.5) is 17.6 Å². The van der Waals surface area contributed by atoms with E-state index in [0.29, 0.717) is 27.4 Å². The predicted molar refractivity (Wildman–Crippen MR) is 145 cm³/mol. The maximum atomic E-state index is 15.1. The van der Waals surface area contributed by atoms with Crippen LogP contribution in [-0.2, 0) is 6.42 Å². The van der Waals surface area contributed by atoms with Gasteiger partial charge in [-0.3, -0.25) is 4.79 Å². The highest BCUT2D eigenvalue weighted by Crippen LogP contribution is 2.34. The first kappa shape index (κ1) is 28.7. The van der Waals surface area contributed by atoms with Crippen LogP contribution in [0.25, 0.3) is 16.9 Å². The van der Waals surface area contributed by atoms with Crippen LogP contribution < -0.4 is 4.74 Å². The van der Waals surface area contributed by atoms with E-state index in [4.69, 9.17) is 11.6 Å². The Labute approximate surface area is 241 Å². The molecule has 0 aliphatic carbocycles. The highest BCUT2D eigenvalue weighted by molar-refractivity contribution is 6.30. The third-order valence-electron chi connectivity index (χ3n) is 6.61. The summed E-state index contributed by atoms with van der Waals surface area (Å²) in [7, 11) is 1.54. The highest BCUT2D eigenvalue weighted by Gasteiger charge is 2.32. The monoisotopic (exact) mass is 599 g/mol. The summed E-state index contributed by atoms with van der Waals surface area (Å²) in [6.45, 7) is 1.71. The van der Waals surface area contributed by atoms with Gasteiger partial charge in [-0.1, -0.05) is 53.2 Å². The van der Waals surface area contributed by atoms with Crippen LogP contribution in [-0.4, -0.2) is 54.6 Å². The van der Waals surface area contributed by atoms with Gasteiger partial charge in [0, 0.05) is 29.6 Å². The molecule has 3 aromatic carbocycles. The zero-order chi connectivity index (χ0) is 30.0. The lowest BCUT2D eigenvalue weighted by molar-refractivity contribution is -0.274. The molecule has 9 nitrogen and oxygen atoms in total. The van der Waals surface area contributed by atoms with Gasteiger partial charge in [0.2, 0.25) is 0 Å². The number of rotatable bonds is 8. The number of carbonyl (C=O) groups excluding carboxylic acids is 1. The molecule has 0 saturated carbocycles. The smallest absolute Gasteiger partial charge is 0.406 e. The normalized spacial score (nSPS) is 12.3. The Bertz CT molecular complexity index is 1690. The number of ether oxygens (including phenoxy) is 1. The Kier molecular flexibility index (Phi) is 7.94. The van der Waals surface area contributed by atoms with Gasteiger partial charge in [0.1, 0.15) is 17.3 Å². The van der Waals surface area contributed by atoms with Crippen molar-refractivity contribution < 1.29 is 27.1 Å². The van der Waals surface area contributed by atoms with Crippen LogP contribution in [0.1, 0.15) is 40.4 Å². The lowest BCUT2D eigenvalue weighted by atomic mass is 10.0. The topological polar surface area (TPSA) is 102 Å². The number of hydrogen-bond acceptors (Lipinski definition) is 6. The number of halogens is 5. The molecular formula is C28H22ClF4N7O2. The van der Waals surface area contributed by atoms with Crippen LogP contribution in [0.15, 0.2) is 72.8 Å². The second-order valence-electron chi connectivity index (χ2n) is 9.26. The van der Waals surface area contributed by atoms with Gasteiger partial charge in [-0.2, -0.15) is 10.3 Å². The van der Waals surface area contributed by atoms with Crippen molar-refractivity contribution >= 4 is 17.5 Å². The molecule has 14 heteroatoms. The maximum Gasteiger partial charge on any atom is 0.573 e. The number of carbonyl (C=O) groups is 1. The summed E-state index contributed by atoms with van der Waals surface area (Å²) in [6.07, 6.45) is -4.80. The Morgan fingerprint density at radius 3 is 2.38 bits per heavy atom. The van der Waals surface area contributed by atoms with E-state index < -0.39 is 24.1 Å². The van der Waals surface area contributed by atoms with Crippen LogP contribution in [0.3, 0.4) is 0 Å². The summed E-state index contributed by atoms with van der Waals surface area (Å²) in [4.78, 5) is 15.4. The van der Waals surface area contributed by atoms with Crippen molar-refractivity contribution in [1.29, 1.82) is 0 Å². The van der Waals surface area contributed by atoms with E-state index in [9.17, 15) is 18.0 Å². The van der Waals surface area contributed by atoms with E-state index in [0.717, 1.165) is 0 Å². The third-order valence-corrected chi connectivity index (χ3v) is 6.86. The molecule has 0 radical (unpaired) electrons. The van der Waals surface area contributed by atoms with Gasteiger partial charge in [-0.05, 0) is 48.9 Å². The van der Waals surface area contributed by atoms with E-state index in [-0.39, 0.29) is 29.4 Å². The average molecular weight is 600 g/mol. The molecule has 0 fully saturated rings. The lowest BCUT2D eigenvalue weighted by Gasteiger charge is -2.25. The molecule has 0 aliphatic rings. The highest BCUT2D eigenvalue weighted by atomic mass is 35.5. The third kappa shape index (κ3) is 6.10. The molecule has 2 aromatic heterocycles. The number of benzene rings is 3. The van der Waals surface area contributed by atoms with Crippen LogP contribution in [0, 0.1) is 5.82 Å². The van der Waals surface area contributed by atoms with E-state index in [1.165, 1.54) is 59.1 Å². The summed E-state index contributed by atoms with van der Waals surface area (Å²) in [5, 5.41) is 19.1. The second-order valence-corrected chi connectivity index (χ2v) is 9.70. The lowest BCUT2D eigenvalue weighted by Crippen LogP contribution is -2.31. The predicted octanol–water partition coefficient (Wildman–Crippen LogP) is 6.17. The number of nitrogens with zero attached hydrogens (tertiary/aromatic N) is 6. The van der Waals surface area contributed by atoms with Crippen molar-refractivity contribution in [3.05, 3.63) is 106 Å². The summed E-state index contributed by atoms with van der Waals surface area (Å²) < 4.78 is 58.2. The molecule has 0 aliphatic heterocycles. The number of hydrogen-bond donors (Lipinski definition) is 1. The molecule has 42 heavy (non-hydrogen) atoms. The molecule has 1 amide bonds. The van der Waals surface area contributed by atoms with Crippen LogP contribution in [0.2, 0.25) is 5.02 Å². The van der Waals surface area contributed by atoms with Crippen molar-refractivity contribution in [2.75, 3.05) is 7.05 Å². The first-order chi connectivity index (χ1) is 20.0. The molecule has 0 bridgehead atoms. The van der Waals surface area contributed by atoms with Gasteiger partial charge >= 0.3 is 6.36 Å². The number of tetrazole rings is 1. The fourth-order valence-corrected chi connectivity index (χ4v) is 4.55. The van der Waals surface area contributed by atoms with Gasteiger partial charge in [0.25, 0.3) is 5.91 Å². The first-order valence-corrected chi connectivity index (χ1v) is 12.9. The number of para-hydroxylation sites is 1. The number of aromatic nitrogens is 6. The van der Waals surface area contributed by atoms with Gasteiger partial charge in [-0.15, -0.1) is 23.4 Å². The SMILES string of the molecule is C[C@H](c1ccc(OC(F)(F)F)cc1)N(C)C(=O)c1nn(-c2ccccc2F)c(-c2ccc(Cl)cc2)c1Cc1nn[nH]n1. The quantitative estimate of drug-likeness (QED) is 0.214. The van der Waals surface area contributed by atoms with Crippen molar-refractivity contribution in [3.8, 4) is 22.7 Å². The van der Waals surface area contributed by atoms with Gasteiger partial charge in [0.15, 0.2) is 11.5 Å². The van der Waals surface area contributed by atoms with Gasteiger partial charge in [-0.25, -0.2) is 9.07 Å². The van der Waals surface area contributed by atoms with E-state index in [2.05, 4.69) is 30.5 Å². The number of aromatic amines is 1. The number of H-pyrrole nitrogens is 1. The molecule has 0 saturated heterocycles. The Hall–Kier alpha value is -4.78. The second kappa shape index (κ2) is 11.6. The zero-order valence-electron chi connectivity index (χ0n) is 22.1. The van der Waals surface area contributed by atoms with E-state index >= 15 is 4.39 Å². The Morgan fingerprint density at radius 2 is 1.76 bits per heavy atom. The average Bonchev–Trinajstić information content (AvgIpc) is 3.61. The van der Waals surface area contributed by atoms with Crippen molar-refractivity contribution in [3.63, 3.8) is 0 Å². The minimum absolute atomic E-state index is 0.000576. The van der Waals surface area contributed by atoms with Crippen molar-refractivity contribution in [1.82, 2.24) is 35.3 Å². The summed E-state index contributed by atoms with van der Waals surface area (Å²) in [5.41, 5.74) is 2.07. The molecule has 0 spiro atoms. The molecule has 0 unspecified atom stereocenters. The number of nitrogens with one attached hydrogen (secondary N) is 1. The fraction of sp³-hybridized carbons (Fsp3) is 0.179. The minimum atomic E-state index is -4.83. The maximum absolute atomic E-state index is 15.1. The largest absolute Gasteiger partial charge is 0.573 e. The number of alkyl halides is 3. The number of amides is 1. The zero-order valence-corrected chi connectivity index (χ0v) is 22.9. The van der Waals surface area contributed by atoms with Crippen molar-refractivity contribution in [2.45, 2.75) is 25.7 Å².